The Hall–Kier alpha value is -3.74. The molecule has 0 radical (unpaired) electrons. The van der Waals surface area contributed by atoms with Crippen LogP contribution in [0.5, 0.6) is 11.6 Å². The van der Waals surface area contributed by atoms with Gasteiger partial charge in [0.1, 0.15) is 18.0 Å². The largest absolute Gasteiger partial charge is 0.434 e. The molecule has 2 aromatic heterocycles. The van der Waals surface area contributed by atoms with Crippen LogP contribution in [0.1, 0.15) is 29.9 Å². The minimum absolute atomic E-state index is 0.0126. The number of fused-ring (bicyclic) bond motifs is 1. The van der Waals surface area contributed by atoms with Gasteiger partial charge in [0.2, 0.25) is 5.88 Å². The van der Waals surface area contributed by atoms with Crippen LogP contribution in [0.4, 0.5) is 4.39 Å². The number of nitrogens with two attached hydrogens (primary N) is 1. The average Bonchev–Trinajstić information content (AvgIpc) is 3.20. The minimum Gasteiger partial charge on any atom is -0.434 e. The Morgan fingerprint density at radius 2 is 2.06 bits per heavy atom. The molecule has 0 spiro atoms. The monoisotopic (exact) mass is 475 g/mol. The van der Waals surface area contributed by atoms with Crippen LogP contribution < -0.4 is 10.5 Å². The summed E-state index contributed by atoms with van der Waals surface area (Å²) in [6, 6.07) is 6.56. The van der Waals surface area contributed by atoms with E-state index < -0.39 is 11.9 Å². The van der Waals surface area contributed by atoms with Crippen molar-refractivity contribution in [2.75, 3.05) is 33.2 Å². The molecular weight excluding hydrogens is 445 g/mol. The number of likely N-dealkylation sites (N-methyl/N-ethyl adjacent to an activating group) is 1. The van der Waals surface area contributed by atoms with Gasteiger partial charge < -0.3 is 24.8 Å². The lowest BCUT2D eigenvalue weighted by atomic mass is 10.0. The van der Waals surface area contributed by atoms with Gasteiger partial charge in [-0.3, -0.25) is 0 Å². The number of nitrogens with zero attached hydrogens (tertiary/aromatic N) is 6. The van der Waals surface area contributed by atoms with Gasteiger partial charge in [0, 0.05) is 49.5 Å². The van der Waals surface area contributed by atoms with E-state index in [-0.39, 0.29) is 17.2 Å². The molecule has 8 nitrogen and oxygen atoms in total. The number of benzene rings is 1. The minimum atomic E-state index is -0.704. The van der Waals surface area contributed by atoms with Gasteiger partial charge in [-0.1, -0.05) is 12.7 Å². The van der Waals surface area contributed by atoms with Crippen molar-refractivity contribution in [2.24, 2.45) is 5.73 Å². The number of halogens is 1. The van der Waals surface area contributed by atoms with Crippen LogP contribution in [-0.4, -0.2) is 57.6 Å². The van der Waals surface area contributed by atoms with Crippen molar-refractivity contribution >= 4 is 10.9 Å². The van der Waals surface area contributed by atoms with E-state index in [1.165, 1.54) is 6.33 Å². The maximum Gasteiger partial charge on any atom is 0.240 e. The van der Waals surface area contributed by atoms with Crippen LogP contribution in [0, 0.1) is 24.1 Å². The van der Waals surface area contributed by atoms with Crippen LogP contribution >= 0.6 is 0 Å². The molecule has 9 heteroatoms. The summed E-state index contributed by atoms with van der Waals surface area (Å²) in [5.41, 5.74) is 9.56. The molecule has 0 saturated carbocycles. The first-order chi connectivity index (χ1) is 16.9. The Balaban J connectivity index is 1.70. The van der Waals surface area contributed by atoms with E-state index in [0.29, 0.717) is 11.1 Å². The molecule has 182 valence electrons. The van der Waals surface area contributed by atoms with E-state index in [0.717, 1.165) is 49.6 Å². The summed E-state index contributed by atoms with van der Waals surface area (Å²) < 4.78 is 23.2. The summed E-state index contributed by atoms with van der Waals surface area (Å²) in [6.07, 6.45) is 4.80. The van der Waals surface area contributed by atoms with Gasteiger partial charge in [-0.2, -0.15) is 5.26 Å². The zero-order chi connectivity index (χ0) is 25.1. The Bertz CT molecular complexity index is 1320. The summed E-state index contributed by atoms with van der Waals surface area (Å²) in [5.74, 6) is -0.550. The topological polar surface area (TPSA) is 96.2 Å². The highest BCUT2D eigenvalue weighted by Gasteiger charge is 2.27. The zero-order valence-corrected chi connectivity index (χ0v) is 20.3. The normalized spacial score (nSPS) is 15.8. The second kappa shape index (κ2) is 10.3. The smallest absolute Gasteiger partial charge is 0.240 e. The highest BCUT2D eigenvalue weighted by atomic mass is 19.1. The van der Waals surface area contributed by atoms with E-state index in [1.54, 1.807) is 18.2 Å². The fourth-order valence-electron chi connectivity index (χ4n) is 4.55. The zero-order valence-electron chi connectivity index (χ0n) is 20.3. The molecule has 1 aliphatic heterocycles. The summed E-state index contributed by atoms with van der Waals surface area (Å²) in [5, 5.41) is 10.4. The second-order valence-corrected chi connectivity index (χ2v) is 8.59. The quantitative estimate of drug-likeness (QED) is 0.518. The van der Waals surface area contributed by atoms with Crippen molar-refractivity contribution in [3.8, 4) is 17.7 Å². The molecule has 1 fully saturated rings. The molecule has 1 unspecified atom stereocenters. The summed E-state index contributed by atoms with van der Waals surface area (Å²) in [6.45, 7) is 11.9. The molecule has 0 amide bonds. The third kappa shape index (κ3) is 4.63. The van der Waals surface area contributed by atoms with E-state index in [2.05, 4.69) is 39.5 Å². The summed E-state index contributed by atoms with van der Waals surface area (Å²) in [7, 11) is 2.07. The van der Waals surface area contributed by atoms with E-state index in [9.17, 15) is 5.26 Å². The highest BCUT2D eigenvalue weighted by molar-refractivity contribution is 5.83. The van der Waals surface area contributed by atoms with Gasteiger partial charge in [-0.25, -0.2) is 14.4 Å². The van der Waals surface area contributed by atoms with Gasteiger partial charge in [0.15, 0.2) is 11.6 Å². The summed E-state index contributed by atoms with van der Waals surface area (Å²) >= 11 is 0. The van der Waals surface area contributed by atoms with Crippen molar-refractivity contribution < 1.29 is 9.13 Å². The lowest BCUT2D eigenvalue weighted by molar-refractivity contribution is 0.179. The maximum atomic E-state index is 15.4. The number of hydrogen-bond acceptors (Lipinski definition) is 7. The van der Waals surface area contributed by atoms with Crippen LogP contribution in [0.3, 0.4) is 0 Å². The van der Waals surface area contributed by atoms with Crippen LogP contribution in [0.2, 0.25) is 0 Å². The molecule has 1 atom stereocenters. The standard InChI is InChI=1S/C26H30FN7O/c1-5-7-21(33-12-10-32(4)11-13-33)24(29)25-19(15-28)26(31-16-30-25)35-22-9-8-20-18(23(22)27)14-17(3)34(20)6-2/h5,7-9,14,16,24H,1,6,10-13,29H2,2-4H3/b21-7+. The molecule has 1 saturated heterocycles. The van der Waals surface area contributed by atoms with Gasteiger partial charge >= 0.3 is 0 Å². The molecular formula is C26H30FN7O. The van der Waals surface area contributed by atoms with Crippen molar-refractivity contribution in [1.82, 2.24) is 24.3 Å². The molecule has 2 N–H and O–H groups in total. The average molecular weight is 476 g/mol. The number of aromatic nitrogens is 3. The lowest BCUT2D eigenvalue weighted by Gasteiger charge is -2.37. The Labute approximate surface area is 204 Å². The molecule has 0 aliphatic carbocycles. The van der Waals surface area contributed by atoms with Crippen molar-refractivity contribution in [1.29, 1.82) is 5.26 Å². The number of nitriles is 1. The van der Waals surface area contributed by atoms with Gasteiger partial charge in [0.25, 0.3) is 0 Å². The van der Waals surface area contributed by atoms with Gasteiger partial charge in [-0.15, -0.1) is 0 Å². The Morgan fingerprint density at radius 3 is 2.71 bits per heavy atom. The number of hydrogen-bond donors (Lipinski definition) is 1. The number of piperazine rings is 1. The molecule has 0 bridgehead atoms. The lowest BCUT2D eigenvalue weighted by Crippen LogP contribution is -2.45. The van der Waals surface area contributed by atoms with E-state index >= 15 is 4.39 Å². The summed E-state index contributed by atoms with van der Waals surface area (Å²) in [4.78, 5) is 12.9. The van der Waals surface area contributed by atoms with Crippen molar-refractivity contribution in [2.45, 2.75) is 26.4 Å². The number of rotatable bonds is 7. The van der Waals surface area contributed by atoms with Crippen LogP contribution in [0.25, 0.3) is 10.9 Å². The molecule has 3 aromatic rings. The molecule has 1 aliphatic rings. The SMILES string of the molecule is C=C/C=C(\C(N)c1ncnc(Oc2ccc3c(cc(C)n3CC)c2F)c1C#N)N1CCN(C)CC1. The first kappa shape index (κ1) is 24.4. The van der Waals surface area contributed by atoms with Crippen LogP contribution in [0.15, 0.2) is 49.0 Å². The third-order valence-corrected chi connectivity index (χ3v) is 6.44. The van der Waals surface area contributed by atoms with Crippen molar-refractivity contribution in [3.05, 3.63) is 71.7 Å². The Morgan fingerprint density at radius 1 is 1.31 bits per heavy atom. The number of aryl methyl sites for hydroxylation is 2. The highest BCUT2D eigenvalue weighted by Crippen LogP contribution is 2.34. The Kier molecular flexibility index (Phi) is 7.15. The molecule has 3 heterocycles. The molecule has 4 rings (SSSR count). The predicted molar refractivity (Wildman–Crippen MR) is 133 cm³/mol. The fourth-order valence-corrected chi connectivity index (χ4v) is 4.55. The van der Waals surface area contributed by atoms with Gasteiger partial charge in [0.05, 0.1) is 17.3 Å². The number of ether oxygens (including phenoxy) is 1. The number of allylic oxidation sites excluding steroid dienone is 2. The second-order valence-electron chi connectivity index (χ2n) is 8.59. The maximum absolute atomic E-state index is 15.4. The first-order valence-corrected chi connectivity index (χ1v) is 11.6. The first-order valence-electron chi connectivity index (χ1n) is 11.6. The fraction of sp³-hybridized carbons (Fsp3) is 0.346. The molecule has 1 aromatic carbocycles. The van der Waals surface area contributed by atoms with Gasteiger partial charge in [-0.05, 0) is 45.2 Å². The predicted octanol–water partition coefficient (Wildman–Crippen LogP) is 3.88. The molecule has 35 heavy (non-hydrogen) atoms. The van der Waals surface area contributed by atoms with E-state index in [1.807, 2.05) is 30.6 Å². The third-order valence-electron chi connectivity index (χ3n) is 6.44. The van der Waals surface area contributed by atoms with E-state index in [4.69, 9.17) is 10.5 Å². The van der Waals surface area contributed by atoms with Crippen LogP contribution in [-0.2, 0) is 6.54 Å². The van der Waals surface area contributed by atoms with Crippen molar-refractivity contribution in [3.63, 3.8) is 0 Å².